The predicted molar refractivity (Wildman–Crippen MR) is 67.0 cm³/mol. The molecule has 2 atom stereocenters. The molecule has 1 N–H and O–H groups in total. The van der Waals surface area contributed by atoms with Crippen molar-refractivity contribution in [2.24, 2.45) is 5.92 Å². The Balaban J connectivity index is 2.50. The van der Waals surface area contributed by atoms with Crippen molar-refractivity contribution in [1.82, 2.24) is 4.90 Å². The zero-order valence-corrected chi connectivity index (χ0v) is 11.0. The Labute approximate surface area is 103 Å². The van der Waals surface area contributed by atoms with Gasteiger partial charge in [0.1, 0.15) is 0 Å². The number of carboxylic acid groups (broad SMARTS) is 1. The number of nitrogens with zero attached hydrogens (tertiary/aromatic N) is 1. The number of methoxy groups -OCH3 is 1. The van der Waals surface area contributed by atoms with E-state index in [1.807, 2.05) is 13.0 Å². The minimum Gasteiger partial charge on any atom is -0.478 e. The lowest BCUT2D eigenvalue weighted by Crippen LogP contribution is -2.43. The van der Waals surface area contributed by atoms with Crippen LogP contribution in [-0.2, 0) is 9.53 Å². The first kappa shape index (κ1) is 14.2. The van der Waals surface area contributed by atoms with Gasteiger partial charge in [-0.1, -0.05) is 19.9 Å². The molecule has 1 fully saturated rings. The summed E-state index contributed by atoms with van der Waals surface area (Å²) in [6, 6.07) is 0. The van der Waals surface area contributed by atoms with Crippen LogP contribution in [0, 0.1) is 5.92 Å². The molecule has 2 unspecified atom stereocenters. The van der Waals surface area contributed by atoms with Crippen LogP contribution in [0.3, 0.4) is 0 Å². The molecule has 0 aromatic carbocycles. The Hall–Kier alpha value is -0.870. The number of aliphatic carboxylic acids is 1. The maximum atomic E-state index is 10.9. The van der Waals surface area contributed by atoms with Gasteiger partial charge < -0.3 is 9.84 Å². The monoisotopic (exact) mass is 241 g/mol. The van der Waals surface area contributed by atoms with Crippen LogP contribution in [0.1, 0.15) is 26.7 Å². The molecule has 4 nitrogen and oxygen atoms in total. The van der Waals surface area contributed by atoms with E-state index >= 15 is 0 Å². The molecule has 0 saturated carbocycles. The highest BCUT2D eigenvalue weighted by Crippen LogP contribution is 2.19. The molecule has 0 spiro atoms. The molecule has 0 aromatic rings. The van der Waals surface area contributed by atoms with Crippen LogP contribution < -0.4 is 0 Å². The Bertz CT molecular complexity index is 288. The average molecular weight is 241 g/mol. The summed E-state index contributed by atoms with van der Waals surface area (Å²) in [5.74, 6) is -0.216. The number of piperidine rings is 1. The molecule has 4 heteroatoms. The van der Waals surface area contributed by atoms with Crippen molar-refractivity contribution in [3.63, 3.8) is 0 Å². The SMILES string of the molecule is CCC(=CCN1CCC(C)C(OC)C1)C(=O)O. The van der Waals surface area contributed by atoms with Gasteiger partial charge in [-0.05, 0) is 25.3 Å². The maximum absolute atomic E-state index is 10.9. The van der Waals surface area contributed by atoms with Crippen molar-refractivity contribution in [3.8, 4) is 0 Å². The van der Waals surface area contributed by atoms with Gasteiger partial charge in [0.15, 0.2) is 0 Å². The quantitative estimate of drug-likeness (QED) is 0.745. The van der Waals surface area contributed by atoms with E-state index in [1.165, 1.54) is 0 Å². The maximum Gasteiger partial charge on any atom is 0.331 e. The number of ether oxygens (including phenoxy) is 1. The molecular formula is C13H23NO3. The Morgan fingerprint density at radius 2 is 2.29 bits per heavy atom. The van der Waals surface area contributed by atoms with Crippen LogP contribution in [0.2, 0.25) is 0 Å². The molecule has 0 aromatic heterocycles. The van der Waals surface area contributed by atoms with Crippen LogP contribution in [-0.4, -0.2) is 48.8 Å². The van der Waals surface area contributed by atoms with Gasteiger partial charge in [0.05, 0.1) is 6.10 Å². The lowest BCUT2D eigenvalue weighted by atomic mass is 9.96. The van der Waals surface area contributed by atoms with Gasteiger partial charge in [0.25, 0.3) is 0 Å². The molecule has 0 bridgehead atoms. The van der Waals surface area contributed by atoms with Gasteiger partial charge in [-0.3, -0.25) is 4.90 Å². The standard InChI is InChI=1S/C13H23NO3/c1-4-11(13(15)16)6-8-14-7-5-10(2)12(9-14)17-3/h6,10,12H,4-5,7-9H2,1-3H3,(H,15,16). The molecule has 0 aliphatic carbocycles. The molecule has 98 valence electrons. The fourth-order valence-electron chi connectivity index (χ4n) is 2.19. The Kier molecular flexibility index (Phi) is 5.65. The van der Waals surface area contributed by atoms with E-state index in [0.29, 0.717) is 24.5 Å². The lowest BCUT2D eigenvalue weighted by Gasteiger charge is -2.35. The fourth-order valence-corrected chi connectivity index (χ4v) is 2.19. The van der Waals surface area contributed by atoms with Gasteiger partial charge in [-0.15, -0.1) is 0 Å². The smallest absolute Gasteiger partial charge is 0.331 e. The normalized spacial score (nSPS) is 27.1. The topological polar surface area (TPSA) is 49.8 Å². The molecule has 1 rings (SSSR count). The molecule has 1 heterocycles. The van der Waals surface area contributed by atoms with E-state index in [-0.39, 0.29) is 6.10 Å². The Morgan fingerprint density at radius 1 is 1.59 bits per heavy atom. The van der Waals surface area contributed by atoms with Crippen molar-refractivity contribution in [2.45, 2.75) is 32.8 Å². The molecule has 1 aliphatic rings. The highest BCUT2D eigenvalue weighted by atomic mass is 16.5. The average Bonchev–Trinajstić information content (AvgIpc) is 2.31. The molecule has 1 saturated heterocycles. The van der Waals surface area contributed by atoms with E-state index in [4.69, 9.17) is 9.84 Å². The van der Waals surface area contributed by atoms with E-state index < -0.39 is 5.97 Å². The third-order valence-corrected chi connectivity index (χ3v) is 3.53. The van der Waals surface area contributed by atoms with Gasteiger partial charge in [0, 0.05) is 25.8 Å². The minimum atomic E-state index is -0.804. The van der Waals surface area contributed by atoms with Gasteiger partial charge >= 0.3 is 5.97 Å². The predicted octanol–water partition coefficient (Wildman–Crippen LogP) is 1.76. The Morgan fingerprint density at radius 3 is 2.82 bits per heavy atom. The third-order valence-electron chi connectivity index (χ3n) is 3.53. The van der Waals surface area contributed by atoms with E-state index in [2.05, 4.69) is 11.8 Å². The van der Waals surface area contributed by atoms with Gasteiger partial charge in [-0.2, -0.15) is 0 Å². The summed E-state index contributed by atoms with van der Waals surface area (Å²) in [6.45, 7) is 6.70. The van der Waals surface area contributed by atoms with E-state index in [1.54, 1.807) is 7.11 Å². The summed E-state index contributed by atoms with van der Waals surface area (Å²) in [5, 5.41) is 8.93. The van der Waals surface area contributed by atoms with Crippen LogP contribution in [0.4, 0.5) is 0 Å². The zero-order valence-electron chi connectivity index (χ0n) is 11.0. The zero-order chi connectivity index (χ0) is 12.8. The summed E-state index contributed by atoms with van der Waals surface area (Å²) in [7, 11) is 1.75. The summed E-state index contributed by atoms with van der Waals surface area (Å²) in [6.07, 6.45) is 3.78. The van der Waals surface area contributed by atoms with Crippen molar-refractivity contribution < 1.29 is 14.6 Å². The highest BCUT2D eigenvalue weighted by Gasteiger charge is 2.25. The number of likely N-dealkylation sites (tertiary alicyclic amines) is 1. The third kappa shape index (κ3) is 4.13. The molecule has 17 heavy (non-hydrogen) atoms. The minimum absolute atomic E-state index is 0.270. The molecule has 0 radical (unpaired) electrons. The van der Waals surface area contributed by atoms with Crippen LogP contribution in [0.15, 0.2) is 11.6 Å². The summed E-state index contributed by atoms with van der Waals surface area (Å²) in [4.78, 5) is 13.1. The van der Waals surface area contributed by atoms with Gasteiger partial charge in [0.2, 0.25) is 0 Å². The fraction of sp³-hybridized carbons (Fsp3) is 0.769. The molecule has 1 aliphatic heterocycles. The van der Waals surface area contributed by atoms with Crippen molar-refractivity contribution in [2.75, 3.05) is 26.7 Å². The van der Waals surface area contributed by atoms with Crippen LogP contribution in [0.5, 0.6) is 0 Å². The second-order valence-electron chi connectivity index (χ2n) is 4.69. The van der Waals surface area contributed by atoms with Crippen LogP contribution >= 0.6 is 0 Å². The molecule has 0 amide bonds. The van der Waals surface area contributed by atoms with Crippen molar-refractivity contribution >= 4 is 5.97 Å². The first-order chi connectivity index (χ1) is 8.08. The number of hydrogen-bond donors (Lipinski definition) is 1. The van der Waals surface area contributed by atoms with E-state index in [9.17, 15) is 4.79 Å². The number of carboxylic acids is 1. The first-order valence-corrected chi connectivity index (χ1v) is 6.26. The summed E-state index contributed by atoms with van der Waals surface area (Å²) in [5.41, 5.74) is 0.498. The first-order valence-electron chi connectivity index (χ1n) is 6.26. The van der Waals surface area contributed by atoms with Crippen molar-refractivity contribution in [3.05, 3.63) is 11.6 Å². The van der Waals surface area contributed by atoms with Crippen molar-refractivity contribution in [1.29, 1.82) is 0 Å². The summed E-state index contributed by atoms with van der Waals surface area (Å²) < 4.78 is 5.44. The van der Waals surface area contributed by atoms with Crippen LogP contribution in [0.25, 0.3) is 0 Å². The second kappa shape index (κ2) is 6.77. The summed E-state index contributed by atoms with van der Waals surface area (Å²) >= 11 is 0. The van der Waals surface area contributed by atoms with E-state index in [0.717, 1.165) is 19.5 Å². The number of rotatable bonds is 5. The number of carbonyl (C=O) groups is 1. The second-order valence-corrected chi connectivity index (χ2v) is 4.69. The largest absolute Gasteiger partial charge is 0.478 e. The number of hydrogen-bond acceptors (Lipinski definition) is 3. The lowest BCUT2D eigenvalue weighted by molar-refractivity contribution is -0.132. The molecular weight excluding hydrogens is 218 g/mol. The van der Waals surface area contributed by atoms with Gasteiger partial charge in [-0.25, -0.2) is 4.79 Å². The highest BCUT2D eigenvalue weighted by molar-refractivity contribution is 5.86.